The second-order valence-electron chi connectivity index (χ2n) is 4.50. The Morgan fingerprint density at radius 1 is 0.882 bits per heavy atom. The minimum Gasteiger partial charge on any atom is -0.299 e. The Hall–Kier alpha value is -1.89. The van der Waals surface area contributed by atoms with E-state index in [0.717, 1.165) is 6.42 Å². The molecule has 0 aliphatic heterocycles. The summed E-state index contributed by atoms with van der Waals surface area (Å²) in [5, 5.41) is 2.55. The van der Waals surface area contributed by atoms with E-state index in [0.29, 0.717) is 18.6 Å². The number of benzene rings is 2. The van der Waals surface area contributed by atoms with Crippen LogP contribution in [-0.2, 0) is 4.79 Å². The van der Waals surface area contributed by atoms with Crippen LogP contribution in [0.15, 0.2) is 48.5 Å². The topological polar surface area (TPSA) is 17.1 Å². The monoisotopic (exact) mass is 222 g/mol. The van der Waals surface area contributed by atoms with Crippen LogP contribution < -0.4 is 0 Å². The van der Waals surface area contributed by atoms with Gasteiger partial charge in [-0.15, -0.1) is 0 Å². The van der Waals surface area contributed by atoms with Crippen molar-refractivity contribution in [3.63, 3.8) is 0 Å². The lowest BCUT2D eigenvalue weighted by Gasteiger charge is -2.14. The molecule has 0 saturated carbocycles. The number of hydrogen-bond donors (Lipinski definition) is 0. The lowest BCUT2D eigenvalue weighted by atomic mass is 9.90. The molecule has 1 heteroatoms. The summed E-state index contributed by atoms with van der Waals surface area (Å²) in [6.07, 6.45) is 4.26. The zero-order chi connectivity index (χ0) is 11.7. The van der Waals surface area contributed by atoms with E-state index in [-0.39, 0.29) is 0 Å². The smallest absolute Gasteiger partial charge is 0.137 e. The Kier molecular flexibility index (Phi) is 2.52. The standard InChI is InChI=1S/C16H14O/c17-14-10-8-13(9-11-14)16-7-3-5-12-4-1-2-6-15(12)16/h1-8H,9-11H2. The number of rotatable bonds is 1. The molecule has 0 bridgehead atoms. The van der Waals surface area contributed by atoms with Crippen LogP contribution in [0, 0.1) is 0 Å². The van der Waals surface area contributed by atoms with Gasteiger partial charge in [0.25, 0.3) is 0 Å². The van der Waals surface area contributed by atoms with E-state index in [9.17, 15) is 4.79 Å². The molecule has 1 aliphatic rings. The zero-order valence-corrected chi connectivity index (χ0v) is 9.65. The fraction of sp³-hybridized carbons (Fsp3) is 0.188. The van der Waals surface area contributed by atoms with Gasteiger partial charge in [0.1, 0.15) is 5.78 Å². The third-order valence-corrected chi connectivity index (χ3v) is 3.38. The Morgan fingerprint density at radius 2 is 1.71 bits per heavy atom. The molecule has 0 aromatic heterocycles. The van der Waals surface area contributed by atoms with Crippen molar-refractivity contribution in [1.29, 1.82) is 0 Å². The van der Waals surface area contributed by atoms with Gasteiger partial charge in [0.15, 0.2) is 0 Å². The minimum absolute atomic E-state index is 0.356. The molecule has 0 atom stereocenters. The molecule has 0 fully saturated rings. The first-order valence-electron chi connectivity index (χ1n) is 6.03. The molecule has 1 aliphatic carbocycles. The minimum atomic E-state index is 0.356. The summed E-state index contributed by atoms with van der Waals surface area (Å²) in [6.45, 7) is 0. The summed E-state index contributed by atoms with van der Waals surface area (Å²) in [7, 11) is 0. The van der Waals surface area contributed by atoms with Crippen LogP contribution in [0.3, 0.4) is 0 Å². The Balaban J connectivity index is 2.14. The van der Waals surface area contributed by atoms with Crippen LogP contribution in [-0.4, -0.2) is 5.78 Å². The van der Waals surface area contributed by atoms with Crippen molar-refractivity contribution in [3.05, 3.63) is 54.1 Å². The molecule has 0 radical (unpaired) electrons. The Bertz CT molecular complexity index is 602. The fourth-order valence-corrected chi connectivity index (χ4v) is 2.47. The van der Waals surface area contributed by atoms with Crippen LogP contribution in [0.1, 0.15) is 24.8 Å². The van der Waals surface area contributed by atoms with Crippen molar-refractivity contribution in [2.75, 3.05) is 0 Å². The third kappa shape index (κ3) is 1.89. The first kappa shape index (κ1) is 10.3. The van der Waals surface area contributed by atoms with E-state index in [1.807, 2.05) is 0 Å². The predicted molar refractivity (Wildman–Crippen MR) is 70.8 cm³/mol. The number of allylic oxidation sites excluding steroid dienone is 2. The molecule has 0 unspecified atom stereocenters. The van der Waals surface area contributed by atoms with E-state index >= 15 is 0 Å². The zero-order valence-electron chi connectivity index (χ0n) is 9.65. The molecule has 1 nitrogen and oxygen atoms in total. The van der Waals surface area contributed by atoms with Gasteiger partial charge in [-0.3, -0.25) is 4.79 Å². The number of carbonyl (C=O) groups is 1. The second kappa shape index (κ2) is 4.17. The maximum atomic E-state index is 11.3. The summed E-state index contributed by atoms with van der Waals surface area (Å²) in [4.78, 5) is 11.3. The van der Waals surface area contributed by atoms with Gasteiger partial charge in [0, 0.05) is 12.8 Å². The van der Waals surface area contributed by atoms with Gasteiger partial charge in [-0.25, -0.2) is 0 Å². The summed E-state index contributed by atoms with van der Waals surface area (Å²) in [6, 6.07) is 14.8. The molecule has 0 N–H and O–H groups in total. The van der Waals surface area contributed by atoms with Crippen LogP contribution >= 0.6 is 0 Å². The summed E-state index contributed by atoms with van der Waals surface area (Å²) >= 11 is 0. The van der Waals surface area contributed by atoms with Gasteiger partial charge in [-0.1, -0.05) is 48.5 Å². The molecule has 0 heterocycles. The third-order valence-electron chi connectivity index (χ3n) is 3.38. The molecule has 2 aromatic rings. The lowest BCUT2D eigenvalue weighted by molar-refractivity contribution is -0.118. The molecule has 0 saturated heterocycles. The van der Waals surface area contributed by atoms with Crippen molar-refractivity contribution in [3.8, 4) is 0 Å². The van der Waals surface area contributed by atoms with Crippen molar-refractivity contribution in [2.24, 2.45) is 0 Å². The van der Waals surface area contributed by atoms with Gasteiger partial charge in [-0.05, 0) is 28.3 Å². The van der Waals surface area contributed by atoms with E-state index in [1.165, 1.54) is 21.9 Å². The van der Waals surface area contributed by atoms with Crippen molar-refractivity contribution >= 4 is 22.1 Å². The number of carbonyl (C=O) groups excluding carboxylic acids is 1. The summed E-state index contributed by atoms with van der Waals surface area (Å²) in [5.74, 6) is 0.356. The highest BCUT2D eigenvalue weighted by molar-refractivity contribution is 5.96. The van der Waals surface area contributed by atoms with Crippen molar-refractivity contribution in [1.82, 2.24) is 0 Å². The predicted octanol–water partition coefficient (Wildman–Crippen LogP) is 3.98. The van der Waals surface area contributed by atoms with E-state index in [2.05, 4.69) is 48.5 Å². The Morgan fingerprint density at radius 3 is 2.53 bits per heavy atom. The van der Waals surface area contributed by atoms with Gasteiger partial charge in [0.2, 0.25) is 0 Å². The summed E-state index contributed by atoms with van der Waals surface area (Å²) in [5.41, 5.74) is 2.61. The highest BCUT2D eigenvalue weighted by atomic mass is 16.1. The second-order valence-corrected chi connectivity index (χ2v) is 4.50. The van der Waals surface area contributed by atoms with Crippen LogP contribution in [0.25, 0.3) is 16.3 Å². The molecule has 0 spiro atoms. The molecule has 3 rings (SSSR count). The quantitative estimate of drug-likeness (QED) is 0.713. The molecule has 84 valence electrons. The molecule has 17 heavy (non-hydrogen) atoms. The van der Waals surface area contributed by atoms with Crippen molar-refractivity contribution < 1.29 is 4.79 Å². The first-order valence-corrected chi connectivity index (χ1v) is 6.03. The Labute approximate surface area is 101 Å². The molecular formula is C16H14O. The average Bonchev–Trinajstić information content (AvgIpc) is 2.39. The molecular weight excluding hydrogens is 208 g/mol. The fourth-order valence-electron chi connectivity index (χ4n) is 2.47. The molecule has 2 aromatic carbocycles. The van der Waals surface area contributed by atoms with Gasteiger partial charge in [-0.2, -0.15) is 0 Å². The van der Waals surface area contributed by atoms with E-state index in [1.54, 1.807) is 0 Å². The molecule has 0 amide bonds. The van der Waals surface area contributed by atoms with Crippen LogP contribution in [0.5, 0.6) is 0 Å². The SMILES string of the molecule is O=C1CC=C(c2cccc3ccccc23)CC1. The largest absolute Gasteiger partial charge is 0.299 e. The normalized spacial score (nSPS) is 16.0. The number of hydrogen-bond acceptors (Lipinski definition) is 1. The van der Waals surface area contributed by atoms with Gasteiger partial charge < -0.3 is 0 Å². The number of Topliss-reactive ketones (excluding diaryl/α,β-unsaturated/α-hetero) is 1. The van der Waals surface area contributed by atoms with Gasteiger partial charge >= 0.3 is 0 Å². The van der Waals surface area contributed by atoms with E-state index in [4.69, 9.17) is 0 Å². The van der Waals surface area contributed by atoms with Crippen LogP contribution in [0.2, 0.25) is 0 Å². The maximum absolute atomic E-state index is 11.3. The first-order chi connectivity index (χ1) is 8.34. The lowest BCUT2D eigenvalue weighted by Crippen LogP contribution is -2.03. The van der Waals surface area contributed by atoms with Crippen molar-refractivity contribution in [2.45, 2.75) is 19.3 Å². The maximum Gasteiger partial charge on any atom is 0.137 e. The van der Waals surface area contributed by atoms with Gasteiger partial charge in [0.05, 0.1) is 0 Å². The number of ketones is 1. The average molecular weight is 222 g/mol. The van der Waals surface area contributed by atoms with Crippen LogP contribution in [0.4, 0.5) is 0 Å². The number of fused-ring (bicyclic) bond motifs is 1. The highest BCUT2D eigenvalue weighted by Gasteiger charge is 2.13. The van der Waals surface area contributed by atoms with E-state index < -0.39 is 0 Å². The summed E-state index contributed by atoms with van der Waals surface area (Å²) < 4.78 is 0. The highest BCUT2D eigenvalue weighted by Crippen LogP contribution is 2.30.